The van der Waals surface area contributed by atoms with Crippen molar-refractivity contribution in [2.24, 2.45) is 5.92 Å². The van der Waals surface area contributed by atoms with E-state index in [1.165, 1.54) is 6.26 Å². The number of ether oxygens (including phenoxy) is 3. The summed E-state index contributed by atoms with van der Waals surface area (Å²) in [6.07, 6.45) is 2.59. The van der Waals surface area contributed by atoms with E-state index >= 15 is 0 Å². The lowest BCUT2D eigenvalue weighted by atomic mass is 9.97. The van der Waals surface area contributed by atoms with Crippen LogP contribution in [0.25, 0.3) is 0 Å². The minimum atomic E-state index is -0.190. The maximum Gasteiger partial charge on any atom is 0.309 e. The maximum absolute atomic E-state index is 13.1. The summed E-state index contributed by atoms with van der Waals surface area (Å²) >= 11 is 0. The zero-order valence-electron chi connectivity index (χ0n) is 23.1. The van der Waals surface area contributed by atoms with Crippen LogP contribution in [0.2, 0.25) is 0 Å². The molecule has 1 saturated heterocycles. The molecule has 1 aromatic heterocycles. The van der Waals surface area contributed by atoms with Gasteiger partial charge >= 0.3 is 5.97 Å². The second kappa shape index (κ2) is 13.3. The Morgan fingerprint density at radius 3 is 2.46 bits per heavy atom. The van der Waals surface area contributed by atoms with E-state index < -0.39 is 0 Å². The van der Waals surface area contributed by atoms with E-state index in [4.69, 9.17) is 18.6 Å². The first kappa shape index (κ1) is 28.2. The number of aromatic nitrogens is 1. The summed E-state index contributed by atoms with van der Waals surface area (Å²) in [5, 5.41) is 0. The zero-order valence-corrected chi connectivity index (χ0v) is 23.1. The summed E-state index contributed by atoms with van der Waals surface area (Å²) in [7, 11) is 3.25. The minimum Gasteiger partial charge on any atom is -0.493 e. The van der Waals surface area contributed by atoms with Crippen LogP contribution in [-0.4, -0.2) is 60.6 Å². The highest BCUT2D eigenvalue weighted by molar-refractivity contribution is 5.92. The van der Waals surface area contributed by atoms with Crippen LogP contribution in [0.3, 0.4) is 0 Å². The number of esters is 1. The van der Waals surface area contributed by atoms with Crippen molar-refractivity contribution in [2.45, 2.75) is 45.8 Å². The lowest BCUT2D eigenvalue weighted by molar-refractivity contribution is -0.149. The number of oxazole rings is 1. The molecule has 0 aliphatic carbocycles. The van der Waals surface area contributed by atoms with E-state index in [0.717, 1.165) is 11.1 Å². The maximum atomic E-state index is 13.1. The Hall–Kier alpha value is -3.85. The molecule has 1 atom stereocenters. The largest absolute Gasteiger partial charge is 0.493 e. The number of rotatable bonds is 11. The molecule has 0 bridgehead atoms. The number of hydrogen-bond donors (Lipinski definition) is 0. The molecule has 9 heteroatoms. The Balaban J connectivity index is 1.50. The molecule has 2 heterocycles. The van der Waals surface area contributed by atoms with Gasteiger partial charge < -0.3 is 23.5 Å². The Morgan fingerprint density at radius 1 is 1.05 bits per heavy atom. The Labute approximate surface area is 229 Å². The fourth-order valence-corrected chi connectivity index (χ4v) is 4.97. The van der Waals surface area contributed by atoms with Gasteiger partial charge in [-0.3, -0.25) is 14.5 Å². The number of likely N-dealkylation sites (tertiary alicyclic amines) is 1. The van der Waals surface area contributed by atoms with Gasteiger partial charge in [-0.15, -0.1) is 0 Å². The average Bonchev–Trinajstić information content (AvgIpc) is 3.45. The van der Waals surface area contributed by atoms with Gasteiger partial charge in [-0.1, -0.05) is 42.5 Å². The fraction of sp³-hybridized carbons (Fsp3) is 0.433. The van der Waals surface area contributed by atoms with Crippen molar-refractivity contribution in [3.63, 3.8) is 0 Å². The van der Waals surface area contributed by atoms with Crippen LogP contribution < -0.4 is 9.47 Å². The van der Waals surface area contributed by atoms with E-state index in [1.807, 2.05) is 36.4 Å². The van der Waals surface area contributed by atoms with Crippen LogP contribution in [0.15, 0.2) is 59.2 Å². The highest BCUT2D eigenvalue weighted by Gasteiger charge is 2.30. The molecule has 1 aliphatic rings. The van der Waals surface area contributed by atoms with Crippen molar-refractivity contribution in [1.82, 2.24) is 14.8 Å². The van der Waals surface area contributed by atoms with Gasteiger partial charge in [0, 0.05) is 31.2 Å². The summed E-state index contributed by atoms with van der Waals surface area (Å²) < 4.78 is 22.1. The molecule has 39 heavy (non-hydrogen) atoms. The number of benzene rings is 2. The smallest absolute Gasteiger partial charge is 0.309 e. The van der Waals surface area contributed by atoms with Crippen LogP contribution in [-0.2, 0) is 22.6 Å². The van der Waals surface area contributed by atoms with Crippen LogP contribution in [0.4, 0.5) is 0 Å². The average molecular weight is 536 g/mol. The molecular formula is C30H37N3O6. The normalized spacial score (nSPS) is 14.7. The first-order chi connectivity index (χ1) is 18.9. The van der Waals surface area contributed by atoms with E-state index in [9.17, 15) is 9.59 Å². The highest BCUT2D eigenvalue weighted by Crippen LogP contribution is 2.34. The number of nitrogens with zero attached hydrogens (tertiary/aromatic N) is 3. The second-order valence-electron chi connectivity index (χ2n) is 9.59. The highest BCUT2D eigenvalue weighted by atomic mass is 16.5. The summed E-state index contributed by atoms with van der Waals surface area (Å²) in [5.74, 6) is 1.25. The van der Waals surface area contributed by atoms with E-state index in [-0.39, 0.29) is 29.5 Å². The van der Waals surface area contributed by atoms with Crippen molar-refractivity contribution in [3.05, 3.63) is 77.5 Å². The molecule has 0 N–H and O–H groups in total. The van der Waals surface area contributed by atoms with Gasteiger partial charge in [0.1, 0.15) is 6.26 Å². The van der Waals surface area contributed by atoms with Gasteiger partial charge in [0.15, 0.2) is 17.2 Å². The first-order valence-corrected chi connectivity index (χ1v) is 13.3. The van der Waals surface area contributed by atoms with Crippen molar-refractivity contribution < 1.29 is 28.2 Å². The van der Waals surface area contributed by atoms with Gasteiger partial charge in [-0.05, 0) is 38.3 Å². The van der Waals surface area contributed by atoms with E-state index in [0.29, 0.717) is 63.0 Å². The van der Waals surface area contributed by atoms with Gasteiger partial charge in [-0.2, -0.15) is 0 Å². The molecule has 9 nitrogen and oxygen atoms in total. The molecule has 3 aromatic rings. The van der Waals surface area contributed by atoms with Crippen LogP contribution in [0.1, 0.15) is 60.2 Å². The van der Waals surface area contributed by atoms with Gasteiger partial charge in [0.25, 0.3) is 5.91 Å². The molecule has 1 amide bonds. The fourth-order valence-electron chi connectivity index (χ4n) is 4.97. The van der Waals surface area contributed by atoms with Gasteiger partial charge in [-0.25, -0.2) is 4.98 Å². The standard InChI is InChI=1S/C30H37N3O6/c1-5-38-30(35)23-14-16-32(17-15-23)29(34)25-20-39-27(31-25)19-33(21(2)22-10-7-6-8-11-22)18-24-12-9-13-26(36-3)28(24)37-4/h6-13,20-21,23H,5,14-19H2,1-4H3. The molecule has 1 fully saturated rings. The zero-order chi connectivity index (χ0) is 27.8. The number of methoxy groups -OCH3 is 2. The molecule has 2 aromatic carbocycles. The summed E-state index contributed by atoms with van der Waals surface area (Å²) in [6.45, 7) is 6.19. The van der Waals surface area contributed by atoms with Gasteiger partial charge in [0.05, 0.1) is 33.3 Å². The number of carbonyl (C=O) groups excluding carboxylic acids is 2. The molecular weight excluding hydrogens is 498 g/mol. The number of hydrogen-bond acceptors (Lipinski definition) is 8. The van der Waals surface area contributed by atoms with Crippen molar-refractivity contribution in [2.75, 3.05) is 33.9 Å². The number of amides is 1. The predicted molar refractivity (Wildman–Crippen MR) is 145 cm³/mol. The predicted octanol–water partition coefficient (Wildman–Crippen LogP) is 4.87. The monoisotopic (exact) mass is 535 g/mol. The lowest BCUT2D eigenvalue weighted by Crippen LogP contribution is -2.40. The molecule has 0 radical (unpaired) electrons. The number of piperidine rings is 1. The molecule has 208 valence electrons. The summed E-state index contributed by atoms with van der Waals surface area (Å²) in [6, 6.07) is 16.0. The second-order valence-corrected chi connectivity index (χ2v) is 9.59. The molecule has 0 spiro atoms. The number of carbonyl (C=O) groups is 2. The summed E-state index contributed by atoms with van der Waals surface area (Å²) in [4.78, 5) is 33.7. The third-order valence-corrected chi connectivity index (χ3v) is 7.20. The van der Waals surface area contributed by atoms with Crippen LogP contribution in [0.5, 0.6) is 11.5 Å². The van der Waals surface area contributed by atoms with Crippen molar-refractivity contribution in [1.29, 1.82) is 0 Å². The van der Waals surface area contributed by atoms with Crippen molar-refractivity contribution >= 4 is 11.9 Å². The molecule has 1 aliphatic heterocycles. The minimum absolute atomic E-state index is 0.0232. The lowest BCUT2D eigenvalue weighted by Gasteiger charge is -2.30. The van der Waals surface area contributed by atoms with Crippen LogP contribution in [0, 0.1) is 5.92 Å². The third kappa shape index (κ3) is 6.78. The quantitative estimate of drug-likeness (QED) is 0.321. The SMILES string of the molecule is CCOC(=O)C1CCN(C(=O)c2coc(CN(Cc3cccc(OC)c3OC)C(C)c3ccccc3)n2)CC1. The Morgan fingerprint density at radius 2 is 1.79 bits per heavy atom. The Bertz CT molecular complexity index is 1240. The summed E-state index contributed by atoms with van der Waals surface area (Å²) in [5.41, 5.74) is 2.38. The first-order valence-electron chi connectivity index (χ1n) is 13.3. The molecule has 1 unspecified atom stereocenters. The Kier molecular flexibility index (Phi) is 9.59. The molecule has 0 saturated carbocycles. The van der Waals surface area contributed by atoms with Crippen LogP contribution >= 0.6 is 0 Å². The molecule has 4 rings (SSSR count). The van der Waals surface area contributed by atoms with E-state index in [2.05, 4.69) is 28.9 Å². The van der Waals surface area contributed by atoms with Crippen molar-refractivity contribution in [3.8, 4) is 11.5 Å². The number of para-hydroxylation sites is 1. The van der Waals surface area contributed by atoms with E-state index in [1.54, 1.807) is 26.0 Å². The third-order valence-electron chi connectivity index (χ3n) is 7.20. The van der Waals surface area contributed by atoms with Gasteiger partial charge in [0.2, 0.25) is 5.89 Å². The topological polar surface area (TPSA) is 94.3 Å².